The van der Waals surface area contributed by atoms with Crippen LogP contribution in [0, 0.1) is 0 Å². The molecule has 4 nitrogen and oxygen atoms in total. The maximum absolute atomic E-state index is 12.0. The minimum absolute atomic E-state index is 0.0243. The van der Waals surface area contributed by atoms with Crippen molar-refractivity contribution in [1.29, 1.82) is 0 Å². The highest BCUT2D eigenvalue weighted by molar-refractivity contribution is 5.82. The SMILES string of the molecule is CC(C)N1C(C)CN(C)C(=O)C1CCN. The van der Waals surface area contributed by atoms with Gasteiger partial charge in [0.1, 0.15) is 0 Å². The number of hydrogen-bond donors (Lipinski definition) is 1. The van der Waals surface area contributed by atoms with Gasteiger partial charge in [-0.05, 0) is 33.7 Å². The van der Waals surface area contributed by atoms with Gasteiger partial charge in [0.05, 0.1) is 6.04 Å². The molecule has 1 heterocycles. The second kappa shape index (κ2) is 4.94. The van der Waals surface area contributed by atoms with Gasteiger partial charge in [-0.2, -0.15) is 0 Å². The maximum Gasteiger partial charge on any atom is 0.239 e. The molecule has 0 spiro atoms. The molecule has 0 aliphatic carbocycles. The lowest BCUT2D eigenvalue weighted by Gasteiger charge is -2.45. The summed E-state index contributed by atoms with van der Waals surface area (Å²) in [6.45, 7) is 7.84. The summed E-state index contributed by atoms with van der Waals surface area (Å²) in [6.07, 6.45) is 0.756. The van der Waals surface area contributed by atoms with Gasteiger partial charge in [-0.3, -0.25) is 9.69 Å². The summed E-state index contributed by atoms with van der Waals surface area (Å²) in [6, 6.07) is 0.794. The van der Waals surface area contributed by atoms with Gasteiger partial charge in [0.15, 0.2) is 0 Å². The van der Waals surface area contributed by atoms with E-state index in [9.17, 15) is 4.79 Å². The molecule has 1 rings (SSSR count). The fourth-order valence-electron chi connectivity index (χ4n) is 2.57. The zero-order valence-electron chi connectivity index (χ0n) is 10.2. The lowest BCUT2D eigenvalue weighted by molar-refractivity contribution is -0.144. The van der Waals surface area contributed by atoms with E-state index in [0.29, 0.717) is 18.6 Å². The number of carbonyl (C=O) groups excluding carboxylic acids is 1. The number of nitrogens with zero attached hydrogens (tertiary/aromatic N) is 2. The molecule has 2 unspecified atom stereocenters. The van der Waals surface area contributed by atoms with E-state index in [1.54, 1.807) is 0 Å². The summed E-state index contributed by atoms with van der Waals surface area (Å²) in [7, 11) is 1.88. The molecular formula is C11H23N3O. The Hall–Kier alpha value is -0.610. The Morgan fingerprint density at radius 1 is 1.53 bits per heavy atom. The van der Waals surface area contributed by atoms with Gasteiger partial charge in [-0.15, -0.1) is 0 Å². The molecule has 0 aromatic rings. The van der Waals surface area contributed by atoms with E-state index >= 15 is 0 Å². The van der Waals surface area contributed by atoms with E-state index in [0.717, 1.165) is 13.0 Å². The monoisotopic (exact) mass is 213 g/mol. The fraction of sp³-hybridized carbons (Fsp3) is 0.909. The second-order valence-electron chi connectivity index (χ2n) is 4.70. The van der Waals surface area contributed by atoms with E-state index in [4.69, 9.17) is 5.73 Å². The normalized spacial score (nSPS) is 28.9. The summed E-state index contributed by atoms with van der Waals surface area (Å²) in [5.41, 5.74) is 5.58. The van der Waals surface area contributed by atoms with Crippen molar-refractivity contribution in [2.24, 2.45) is 5.73 Å². The molecule has 1 aliphatic rings. The van der Waals surface area contributed by atoms with Crippen LogP contribution in [-0.4, -0.2) is 54.0 Å². The third-order valence-corrected chi connectivity index (χ3v) is 3.10. The summed E-state index contributed by atoms with van der Waals surface area (Å²) in [5, 5.41) is 0. The topological polar surface area (TPSA) is 49.6 Å². The number of amides is 1. The second-order valence-corrected chi connectivity index (χ2v) is 4.70. The van der Waals surface area contributed by atoms with Gasteiger partial charge in [-0.1, -0.05) is 0 Å². The van der Waals surface area contributed by atoms with E-state index in [-0.39, 0.29) is 11.9 Å². The van der Waals surface area contributed by atoms with Crippen LogP contribution < -0.4 is 5.73 Å². The van der Waals surface area contributed by atoms with Gasteiger partial charge in [0.2, 0.25) is 5.91 Å². The first-order valence-corrected chi connectivity index (χ1v) is 5.71. The summed E-state index contributed by atoms with van der Waals surface area (Å²) >= 11 is 0. The molecule has 0 aromatic carbocycles. The molecule has 0 aromatic heterocycles. The fourth-order valence-corrected chi connectivity index (χ4v) is 2.57. The van der Waals surface area contributed by atoms with Crippen LogP contribution >= 0.6 is 0 Å². The molecule has 15 heavy (non-hydrogen) atoms. The van der Waals surface area contributed by atoms with Crippen molar-refractivity contribution < 1.29 is 4.79 Å². The number of nitrogens with two attached hydrogens (primary N) is 1. The largest absolute Gasteiger partial charge is 0.343 e. The Labute approximate surface area is 92.4 Å². The van der Waals surface area contributed by atoms with Crippen LogP contribution in [0.1, 0.15) is 27.2 Å². The first-order valence-electron chi connectivity index (χ1n) is 5.71. The van der Waals surface area contributed by atoms with Crippen LogP contribution in [0.4, 0.5) is 0 Å². The average Bonchev–Trinajstić information content (AvgIpc) is 2.13. The Morgan fingerprint density at radius 2 is 2.13 bits per heavy atom. The highest BCUT2D eigenvalue weighted by atomic mass is 16.2. The van der Waals surface area contributed by atoms with Crippen LogP contribution in [0.3, 0.4) is 0 Å². The van der Waals surface area contributed by atoms with E-state index in [2.05, 4.69) is 25.7 Å². The third kappa shape index (κ3) is 2.49. The van der Waals surface area contributed by atoms with Crippen molar-refractivity contribution in [2.45, 2.75) is 45.3 Å². The number of piperazine rings is 1. The Kier molecular flexibility index (Phi) is 4.11. The van der Waals surface area contributed by atoms with Gasteiger partial charge in [0.25, 0.3) is 0 Å². The first kappa shape index (κ1) is 12.5. The minimum atomic E-state index is -0.0243. The van der Waals surface area contributed by atoms with Crippen molar-refractivity contribution >= 4 is 5.91 Å². The molecule has 1 amide bonds. The first-order chi connectivity index (χ1) is 6.99. The van der Waals surface area contributed by atoms with Crippen LogP contribution in [0.5, 0.6) is 0 Å². The lowest BCUT2D eigenvalue weighted by Crippen LogP contribution is -2.62. The zero-order chi connectivity index (χ0) is 11.6. The summed E-state index contributed by atoms with van der Waals surface area (Å²) < 4.78 is 0. The minimum Gasteiger partial charge on any atom is -0.343 e. The van der Waals surface area contributed by atoms with Crippen LogP contribution in [0.25, 0.3) is 0 Å². The van der Waals surface area contributed by atoms with E-state index < -0.39 is 0 Å². The Morgan fingerprint density at radius 3 is 2.60 bits per heavy atom. The van der Waals surface area contributed by atoms with E-state index in [1.165, 1.54) is 0 Å². The van der Waals surface area contributed by atoms with Crippen molar-refractivity contribution in [2.75, 3.05) is 20.1 Å². The van der Waals surface area contributed by atoms with Crippen molar-refractivity contribution in [1.82, 2.24) is 9.80 Å². The number of rotatable bonds is 3. The maximum atomic E-state index is 12.0. The molecule has 1 saturated heterocycles. The molecule has 1 aliphatic heterocycles. The number of hydrogen-bond acceptors (Lipinski definition) is 3. The summed E-state index contributed by atoms with van der Waals surface area (Å²) in [4.78, 5) is 16.1. The quantitative estimate of drug-likeness (QED) is 0.732. The molecule has 2 N–H and O–H groups in total. The van der Waals surface area contributed by atoms with E-state index in [1.807, 2.05) is 11.9 Å². The van der Waals surface area contributed by atoms with Gasteiger partial charge < -0.3 is 10.6 Å². The molecule has 1 fully saturated rings. The van der Waals surface area contributed by atoms with Gasteiger partial charge in [0, 0.05) is 25.7 Å². The van der Waals surface area contributed by atoms with Crippen molar-refractivity contribution in [3.63, 3.8) is 0 Å². The molecule has 88 valence electrons. The lowest BCUT2D eigenvalue weighted by atomic mass is 10.0. The van der Waals surface area contributed by atoms with Gasteiger partial charge in [-0.25, -0.2) is 0 Å². The smallest absolute Gasteiger partial charge is 0.239 e. The molecule has 0 radical (unpaired) electrons. The molecule has 0 saturated carbocycles. The average molecular weight is 213 g/mol. The highest BCUT2D eigenvalue weighted by Gasteiger charge is 2.37. The zero-order valence-corrected chi connectivity index (χ0v) is 10.2. The number of likely N-dealkylation sites (N-methyl/N-ethyl adjacent to an activating group) is 1. The summed E-state index contributed by atoms with van der Waals surface area (Å²) in [5.74, 6) is 0.215. The molecule has 2 atom stereocenters. The highest BCUT2D eigenvalue weighted by Crippen LogP contribution is 2.20. The van der Waals surface area contributed by atoms with Crippen molar-refractivity contribution in [3.8, 4) is 0 Å². The molecule has 4 heteroatoms. The third-order valence-electron chi connectivity index (χ3n) is 3.10. The Balaban J connectivity index is 2.84. The molecular weight excluding hydrogens is 190 g/mol. The Bertz CT molecular complexity index is 230. The molecule has 0 bridgehead atoms. The van der Waals surface area contributed by atoms with Crippen molar-refractivity contribution in [3.05, 3.63) is 0 Å². The predicted octanol–water partition coefficient (Wildman–Crippen LogP) is 0.275. The van der Waals surface area contributed by atoms with Crippen LogP contribution in [-0.2, 0) is 4.79 Å². The standard InChI is InChI=1S/C11H23N3O/c1-8(2)14-9(3)7-13(4)11(15)10(14)5-6-12/h8-10H,5-7,12H2,1-4H3. The van der Waals surface area contributed by atoms with Crippen LogP contribution in [0.2, 0.25) is 0 Å². The predicted molar refractivity (Wildman–Crippen MR) is 61.5 cm³/mol. The van der Waals surface area contributed by atoms with Crippen LogP contribution in [0.15, 0.2) is 0 Å². The van der Waals surface area contributed by atoms with Gasteiger partial charge >= 0.3 is 0 Å². The number of carbonyl (C=O) groups is 1.